The van der Waals surface area contributed by atoms with Crippen molar-refractivity contribution in [3.05, 3.63) is 77.7 Å². The van der Waals surface area contributed by atoms with Crippen molar-refractivity contribution in [1.82, 2.24) is 19.6 Å². The zero-order chi connectivity index (χ0) is 28.9. The van der Waals surface area contributed by atoms with Gasteiger partial charge in [0.2, 0.25) is 0 Å². The molecule has 0 radical (unpaired) electrons. The monoisotopic (exact) mass is 580 g/mol. The molecule has 0 bridgehead atoms. The van der Waals surface area contributed by atoms with Gasteiger partial charge in [0.25, 0.3) is 10.0 Å². The number of benzene rings is 2. The van der Waals surface area contributed by atoms with Gasteiger partial charge in [-0.05, 0) is 54.5 Å². The van der Waals surface area contributed by atoms with Crippen molar-refractivity contribution in [2.24, 2.45) is 13.0 Å². The third-order valence-corrected chi connectivity index (χ3v) is 7.99. The number of carboxylic acids is 1. The van der Waals surface area contributed by atoms with E-state index in [4.69, 9.17) is 14.6 Å². The normalized spacial score (nSPS) is 18.7. The molecule has 216 valence electrons. The van der Waals surface area contributed by atoms with Crippen LogP contribution in [0, 0.1) is 5.92 Å². The second-order valence-corrected chi connectivity index (χ2v) is 11.7. The Bertz CT molecular complexity index is 1410. The molecular weight excluding hydrogens is 549 g/mol. The summed E-state index contributed by atoms with van der Waals surface area (Å²) in [6.45, 7) is 1.87. The van der Waals surface area contributed by atoms with Crippen LogP contribution in [-0.4, -0.2) is 54.4 Å². The molecule has 1 aliphatic carbocycles. The molecule has 5 rings (SSSR count). The van der Waals surface area contributed by atoms with E-state index in [0.717, 1.165) is 35.8 Å². The number of imidazole rings is 1. The SMILES string of the molecule is Cn1cnc(S(=O)(=O)NCc2ccc3c(c2)C(Cc2ccccc2)C(NCC2CC2)CO3)c1.O=C(O)C(F)(F)F. The number of rotatable bonds is 9. The highest BCUT2D eigenvalue weighted by Gasteiger charge is 2.38. The number of nitrogens with one attached hydrogen (secondary N) is 2. The number of carboxylic acid groups (broad SMARTS) is 1. The van der Waals surface area contributed by atoms with Gasteiger partial charge in [0.1, 0.15) is 12.4 Å². The van der Waals surface area contributed by atoms with Crippen LogP contribution in [0.2, 0.25) is 0 Å². The van der Waals surface area contributed by atoms with Crippen LogP contribution in [0.15, 0.2) is 66.1 Å². The zero-order valence-electron chi connectivity index (χ0n) is 21.8. The van der Waals surface area contributed by atoms with Crippen LogP contribution in [0.1, 0.15) is 35.4 Å². The summed E-state index contributed by atoms with van der Waals surface area (Å²) >= 11 is 0. The van der Waals surface area contributed by atoms with Gasteiger partial charge in [-0.25, -0.2) is 22.9 Å². The Morgan fingerprint density at radius 3 is 2.45 bits per heavy atom. The lowest BCUT2D eigenvalue weighted by molar-refractivity contribution is -0.192. The zero-order valence-corrected chi connectivity index (χ0v) is 22.6. The van der Waals surface area contributed by atoms with E-state index in [9.17, 15) is 21.6 Å². The number of alkyl halides is 3. The topological polar surface area (TPSA) is 123 Å². The molecule has 2 heterocycles. The molecule has 2 unspecified atom stereocenters. The Labute approximate surface area is 230 Å². The molecule has 2 aliphatic rings. The minimum atomic E-state index is -5.08. The van der Waals surface area contributed by atoms with E-state index in [1.165, 1.54) is 30.9 Å². The van der Waals surface area contributed by atoms with Gasteiger partial charge in [-0.3, -0.25) is 0 Å². The first-order chi connectivity index (χ1) is 18.9. The van der Waals surface area contributed by atoms with Gasteiger partial charge in [-0.2, -0.15) is 13.2 Å². The van der Waals surface area contributed by atoms with Gasteiger partial charge < -0.3 is 19.7 Å². The van der Waals surface area contributed by atoms with Crippen LogP contribution < -0.4 is 14.8 Å². The number of fused-ring (bicyclic) bond motifs is 1. The van der Waals surface area contributed by atoms with Gasteiger partial charge in [0.15, 0.2) is 5.03 Å². The first kappa shape index (κ1) is 29.6. The predicted molar refractivity (Wildman–Crippen MR) is 140 cm³/mol. The van der Waals surface area contributed by atoms with E-state index in [0.29, 0.717) is 6.61 Å². The number of hydrogen-bond acceptors (Lipinski definition) is 6. The summed E-state index contributed by atoms with van der Waals surface area (Å²) in [6, 6.07) is 16.7. The first-order valence-corrected chi connectivity index (χ1v) is 14.2. The molecule has 0 amide bonds. The lowest BCUT2D eigenvalue weighted by atomic mass is 9.83. The fraction of sp³-hybridized carbons (Fsp3) is 0.407. The van der Waals surface area contributed by atoms with Crippen molar-refractivity contribution in [2.75, 3.05) is 13.2 Å². The van der Waals surface area contributed by atoms with Crippen LogP contribution >= 0.6 is 0 Å². The predicted octanol–water partition coefficient (Wildman–Crippen LogP) is 3.62. The number of sulfonamides is 1. The first-order valence-electron chi connectivity index (χ1n) is 12.7. The Morgan fingerprint density at radius 1 is 1.15 bits per heavy atom. The van der Waals surface area contributed by atoms with Crippen molar-refractivity contribution in [3.63, 3.8) is 0 Å². The third-order valence-electron chi connectivity index (χ3n) is 6.71. The van der Waals surface area contributed by atoms with E-state index in [-0.39, 0.29) is 23.5 Å². The van der Waals surface area contributed by atoms with E-state index >= 15 is 0 Å². The average molecular weight is 581 g/mol. The molecule has 1 aromatic heterocycles. The summed E-state index contributed by atoms with van der Waals surface area (Å²) in [5.74, 6) is -0.831. The lowest BCUT2D eigenvalue weighted by Gasteiger charge is -2.35. The fourth-order valence-corrected chi connectivity index (χ4v) is 5.38. The largest absolute Gasteiger partial charge is 0.492 e. The smallest absolute Gasteiger partial charge is 0.490 e. The maximum atomic E-state index is 12.6. The number of aromatic nitrogens is 2. The van der Waals surface area contributed by atoms with E-state index in [2.05, 4.69) is 45.4 Å². The Kier molecular flexibility index (Phi) is 9.16. The molecule has 1 fully saturated rings. The van der Waals surface area contributed by atoms with E-state index < -0.39 is 22.2 Å². The average Bonchev–Trinajstić information content (AvgIpc) is 3.64. The van der Waals surface area contributed by atoms with Gasteiger partial charge >= 0.3 is 12.1 Å². The summed E-state index contributed by atoms with van der Waals surface area (Å²) in [5, 5.41) is 10.9. The van der Waals surface area contributed by atoms with Crippen molar-refractivity contribution >= 4 is 16.0 Å². The second kappa shape index (κ2) is 12.4. The standard InChI is InChI=1S/C25H30N4O3S.C2HF3O2/c1-29-15-25(27-17-29)33(30,31)28-14-20-9-10-24-22(12-20)21(11-18-5-3-2-4-6-18)23(16-32-24)26-13-19-7-8-19;3-2(4,5)1(6)7/h2-6,9-10,12,15,17,19,21,23,26,28H,7-8,11,13-14,16H2,1H3;(H,6,7). The summed E-state index contributed by atoms with van der Waals surface area (Å²) in [6.07, 6.45) is 1.41. The molecule has 1 aliphatic heterocycles. The number of carbonyl (C=O) groups is 1. The number of halogens is 3. The van der Waals surface area contributed by atoms with Crippen LogP contribution in [0.3, 0.4) is 0 Å². The molecule has 0 spiro atoms. The molecule has 9 nitrogen and oxygen atoms in total. The molecule has 3 aromatic rings. The molecule has 3 N–H and O–H groups in total. The van der Waals surface area contributed by atoms with Crippen LogP contribution in [0.5, 0.6) is 5.75 Å². The van der Waals surface area contributed by atoms with Crippen molar-refractivity contribution in [2.45, 2.75) is 49.0 Å². The highest BCUT2D eigenvalue weighted by Crippen LogP contribution is 2.37. The molecule has 2 aromatic carbocycles. The lowest BCUT2D eigenvalue weighted by Crippen LogP contribution is -2.44. The number of nitrogens with zero attached hydrogens (tertiary/aromatic N) is 2. The molecule has 40 heavy (non-hydrogen) atoms. The van der Waals surface area contributed by atoms with Crippen molar-refractivity contribution in [1.29, 1.82) is 0 Å². The minimum Gasteiger partial charge on any atom is -0.492 e. The summed E-state index contributed by atoms with van der Waals surface area (Å²) in [5.41, 5.74) is 3.32. The molecule has 1 saturated carbocycles. The minimum absolute atomic E-state index is 0.0255. The number of aryl methyl sites for hydroxylation is 1. The molecule has 0 saturated heterocycles. The van der Waals surface area contributed by atoms with Crippen LogP contribution in [0.25, 0.3) is 0 Å². The van der Waals surface area contributed by atoms with Gasteiger partial charge in [-0.1, -0.05) is 42.5 Å². The Balaban J connectivity index is 0.000000470. The highest BCUT2D eigenvalue weighted by molar-refractivity contribution is 7.89. The second-order valence-electron chi connectivity index (χ2n) is 9.94. The van der Waals surface area contributed by atoms with Gasteiger partial charge in [-0.15, -0.1) is 0 Å². The maximum absolute atomic E-state index is 12.6. The van der Waals surface area contributed by atoms with E-state index in [1.54, 1.807) is 11.6 Å². The highest BCUT2D eigenvalue weighted by atomic mass is 32.2. The van der Waals surface area contributed by atoms with Gasteiger partial charge in [0.05, 0.1) is 6.33 Å². The fourth-order valence-electron chi connectivity index (χ4n) is 4.38. The maximum Gasteiger partial charge on any atom is 0.490 e. The number of hydrogen-bond donors (Lipinski definition) is 3. The quantitative estimate of drug-likeness (QED) is 0.353. The molecule has 13 heteroatoms. The number of aliphatic carboxylic acids is 1. The summed E-state index contributed by atoms with van der Waals surface area (Å²) in [4.78, 5) is 12.9. The van der Waals surface area contributed by atoms with E-state index in [1.807, 2.05) is 18.2 Å². The Hall–Kier alpha value is -3.42. The Morgan fingerprint density at radius 2 is 1.85 bits per heavy atom. The number of ether oxygens (including phenoxy) is 1. The molecular formula is C27H31F3N4O5S. The summed E-state index contributed by atoms with van der Waals surface area (Å²) in [7, 11) is -1.92. The summed E-state index contributed by atoms with van der Waals surface area (Å²) < 4.78 is 67.3. The van der Waals surface area contributed by atoms with Gasteiger partial charge in [0, 0.05) is 31.7 Å². The van der Waals surface area contributed by atoms with Crippen molar-refractivity contribution in [3.8, 4) is 5.75 Å². The third kappa shape index (κ3) is 8.05. The van der Waals surface area contributed by atoms with Crippen LogP contribution in [0.4, 0.5) is 13.2 Å². The molecule has 2 atom stereocenters. The van der Waals surface area contributed by atoms with Crippen molar-refractivity contribution < 1.29 is 36.2 Å². The van der Waals surface area contributed by atoms with Crippen LogP contribution in [-0.2, 0) is 34.8 Å².